The van der Waals surface area contributed by atoms with Crippen molar-refractivity contribution >= 4 is 23.4 Å². The van der Waals surface area contributed by atoms with Crippen molar-refractivity contribution in [2.75, 3.05) is 19.0 Å². The summed E-state index contributed by atoms with van der Waals surface area (Å²) in [7, 11) is 3.98. The van der Waals surface area contributed by atoms with Crippen LogP contribution in [0.3, 0.4) is 0 Å². The van der Waals surface area contributed by atoms with Gasteiger partial charge in [-0.2, -0.15) is 0 Å². The summed E-state index contributed by atoms with van der Waals surface area (Å²) in [5.74, 6) is -0.921. The summed E-state index contributed by atoms with van der Waals surface area (Å²) >= 11 is 0. The summed E-state index contributed by atoms with van der Waals surface area (Å²) in [4.78, 5) is 40.3. The Hall–Kier alpha value is -4.01. The van der Waals surface area contributed by atoms with Gasteiger partial charge in [0, 0.05) is 43.9 Å². The van der Waals surface area contributed by atoms with Crippen molar-refractivity contribution in [2.45, 2.75) is 25.4 Å². The molecule has 3 heterocycles. The number of amides is 3. The fourth-order valence-electron chi connectivity index (χ4n) is 4.14. The number of hydrogen-bond acceptors (Lipinski definition) is 6. The molecule has 1 aromatic heterocycles. The van der Waals surface area contributed by atoms with Gasteiger partial charge < -0.3 is 9.80 Å². The monoisotopic (exact) mass is 430 g/mol. The van der Waals surface area contributed by atoms with E-state index in [-0.39, 0.29) is 18.2 Å². The highest BCUT2D eigenvalue weighted by Gasteiger charge is 2.39. The minimum Gasteiger partial charge on any atom is -0.378 e. The summed E-state index contributed by atoms with van der Waals surface area (Å²) in [6, 6.07) is 12.9. The van der Waals surface area contributed by atoms with Crippen LogP contribution in [0.2, 0.25) is 0 Å². The number of rotatable bonds is 4. The van der Waals surface area contributed by atoms with Crippen molar-refractivity contribution in [3.63, 3.8) is 0 Å². The van der Waals surface area contributed by atoms with Gasteiger partial charge in [0.15, 0.2) is 0 Å². The number of aromatic nitrogens is 3. The maximum absolute atomic E-state index is 13.0. The zero-order valence-electron chi connectivity index (χ0n) is 17.8. The van der Waals surface area contributed by atoms with Crippen LogP contribution in [-0.2, 0) is 16.1 Å². The highest BCUT2D eigenvalue weighted by Crippen LogP contribution is 2.29. The molecule has 0 saturated carbocycles. The number of nitrogens with one attached hydrogen (secondary N) is 1. The fourth-order valence-corrected chi connectivity index (χ4v) is 4.14. The van der Waals surface area contributed by atoms with E-state index >= 15 is 0 Å². The molecular formula is C23H22N6O3. The van der Waals surface area contributed by atoms with Gasteiger partial charge in [-0.05, 0) is 36.2 Å². The summed E-state index contributed by atoms with van der Waals surface area (Å²) in [6.07, 6.45) is 2.40. The van der Waals surface area contributed by atoms with Gasteiger partial charge >= 0.3 is 0 Å². The Labute approximate surface area is 184 Å². The van der Waals surface area contributed by atoms with Crippen LogP contribution in [0.4, 0.5) is 5.69 Å². The smallest absolute Gasteiger partial charge is 0.255 e. The molecule has 32 heavy (non-hydrogen) atoms. The maximum atomic E-state index is 13.0. The summed E-state index contributed by atoms with van der Waals surface area (Å²) in [5, 5.41) is 10.8. The molecule has 3 aromatic rings. The lowest BCUT2D eigenvalue weighted by Gasteiger charge is -2.29. The van der Waals surface area contributed by atoms with Crippen LogP contribution in [-0.4, -0.2) is 57.8 Å². The first-order valence-corrected chi connectivity index (χ1v) is 10.4. The maximum Gasteiger partial charge on any atom is 0.255 e. The highest BCUT2D eigenvalue weighted by atomic mass is 16.2. The topological polar surface area (TPSA) is 100 Å². The van der Waals surface area contributed by atoms with Gasteiger partial charge in [0.25, 0.3) is 5.91 Å². The summed E-state index contributed by atoms with van der Waals surface area (Å²) in [5.41, 5.74) is 4.88. The Kier molecular flexibility index (Phi) is 4.73. The number of carbonyl (C=O) groups is 3. The Morgan fingerprint density at radius 3 is 2.56 bits per heavy atom. The van der Waals surface area contributed by atoms with E-state index in [0.717, 1.165) is 22.5 Å². The molecule has 162 valence electrons. The van der Waals surface area contributed by atoms with Crippen LogP contribution < -0.4 is 10.2 Å². The van der Waals surface area contributed by atoms with Crippen LogP contribution in [0, 0.1) is 0 Å². The van der Waals surface area contributed by atoms with E-state index in [1.165, 1.54) is 4.90 Å². The second-order valence-corrected chi connectivity index (χ2v) is 8.23. The first-order chi connectivity index (χ1) is 15.4. The van der Waals surface area contributed by atoms with Crippen LogP contribution in [0.25, 0.3) is 16.9 Å². The average Bonchev–Trinajstić information content (AvgIpc) is 3.39. The number of carbonyl (C=O) groups excluding carboxylic acids is 3. The van der Waals surface area contributed by atoms with Crippen LogP contribution >= 0.6 is 0 Å². The Morgan fingerprint density at radius 2 is 1.84 bits per heavy atom. The van der Waals surface area contributed by atoms with Crippen molar-refractivity contribution in [2.24, 2.45) is 0 Å². The first-order valence-electron chi connectivity index (χ1n) is 10.4. The number of hydrogen-bond donors (Lipinski definition) is 1. The van der Waals surface area contributed by atoms with Gasteiger partial charge in [-0.25, -0.2) is 4.68 Å². The quantitative estimate of drug-likeness (QED) is 0.633. The molecular weight excluding hydrogens is 408 g/mol. The molecule has 0 bridgehead atoms. The van der Waals surface area contributed by atoms with Crippen molar-refractivity contribution in [1.82, 2.24) is 25.2 Å². The average molecular weight is 430 g/mol. The molecule has 2 aromatic carbocycles. The number of benzene rings is 2. The predicted octanol–water partition coefficient (Wildman–Crippen LogP) is 1.76. The molecule has 1 atom stereocenters. The van der Waals surface area contributed by atoms with Gasteiger partial charge in [-0.15, -0.1) is 5.10 Å². The van der Waals surface area contributed by atoms with Crippen LogP contribution in [0.15, 0.2) is 48.7 Å². The lowest BCUT2D eigenvalue weighted by Crippen LogP contribution is -2.52. The van der Waals surface area contributed by atoms with E-state index in [4.69, 9.17) is 0 Å². The van der Waals surface area contributed by atoms with Gasteiger partial charge in [-0.1, -0.05) is 23.4 Å². The van der Waals surface area contributed by atoms with Crippen molar-refractivity contribution < 1.29 is 14.4 Å². The zero-order chi connectivity index (χ0) is 22.4. The third-order valence-electron chi connectivity index (χ3n) is 5.95. The Morgan fingerprint density at radius 1 is 1.06 bits per heavy atom. The van der Waals surface area contributed by atoms with Gasteiger partial charge in [0.2, 0.25) is 11.8 Å². The number of piperidine rings is 1. The fraction of sp³-hybridized carbons (Fsp3) is 0.261. The van der Waals surface area contributed by atoms with Gasteiger partial charge in [0.05, 0.1) is 11.9 Å². The van der Waals surface area contributed by atoms with Gasteiger partial charge in [0.1, 0.15) is 11.7 Å². The molecule has 1 fully saturated rings. The third kappa shape index (κ3) is 3.41. The molecule has 1 unspecified atom stereocenters. The second kappa shape index (κ2) is 7.60. The van der Waals surface area contributed by atoms with Gasteiger partial charge in [-0.3, -0.25) is 19.7 Å². The standard InChI is InChI=1S/C23H22N6O3/c1-27(2)16-6-3-14(4-7-16)19-13-29(26-25-19)17-8-5-15-12-28(23(32)18(15)11-17)20-9-10-21(30)24-22(20)31/h3-8,11,13,20H,9-10,12H2,1-2H3,(H,24,30,31). The molecule has 2 aliphatic heterocycles. The minimum atomic E-state index is -0.626. The van der Waals surface area contributed by atoms with E-state index in [1.54, 1.807) is 10.7 Å². The molecule has 1 saturated heterocycles. The van der Waals surface area contributed by atoms with E-state index in [0.29, 0.717) is 24.2 Å². The molecule has 2 aliphatic rings. The molecule has 0 spiro atoms. The molecule has 1 N–H and O–H groups in total. The van der Waals surface area contributed by atoms with Crippen LogP contribution in [0.1, 0.15) is 28.8 Å². The Balaban J connectivity index is 1.38. The Bertz CT molecular complexity index is 1230. The largest absolute Gasteiger partial charge is 0.378 e. The predicted molar refractivity (Wildman–Crippen MR) is 117 cm³/mol. The molecule has 3 amide bonds. The molecule has 5 rings (SSSR count). The number of imide groups is 1. The number of anilines is 1. The number of fused-ring (bicyclic) bond motifs is 1. The van der Waals surface area contributed by atoms with E-state index in [9.17, 15) is 14.4 Å². The first kappa shape index (κ1) is 19.9. The van der Waals surface area contributed by atoms with Crippen LogP contribution in [0.5, 0.6) is 0 Å². The van der Waals surface area contributed by atoms with Crippen molar-refractivity contribution in [3.8, 4) is 16.9 Å². The summed E-state index contributed by atoms with van der Waals surface area (Å²) in [6.45, 7) is 0.349. The zero-order valence-corrected chi connectivity index (χ0v) is 17.8. The molecule has 9 heteroatoms. The highest BCUT2D eigenvalue weighted by molar-refractivity contribution is 6.05. The lowest BCUT2D eigenvalue weighted by molar-refractivity contribution is -0.136. The minimum absolute atomic E-state index is 0.212. The van der Waals surface area contributed by atoms with Crippen molar-refractivity contribution in [3.05, 3.63) is 59.8 Å². The molecule has 9 nitrogen and oxygen atoms in total. The molecule has 0 aliphatic carbocycles. The van der Waals surface area contributed by atoms with E-state index < -0.39 is 11.9 Å². The van der Waals surface area contributed by atoms with E-state index in [2.05, 4.69) is 15.6 Å². The third-order valence-corrected chi connectivity index (χ3v) is 5.95. The number of nitrogens with zero attached hydrogens (tertiary/aromatic N) is 5. The lowest BCUT2D eigenvalue weighted by atomic mass is 10.0. The molecule has 0 radical (unpaired) electrons. The van der Waals surface area contributed by atoms with E-state index in [1.807, 2.05) is 61.6 Å². The van der Waals surface area contributed by atoms with Crippen molar-refractivity contribution in [1.29, 1.82) is 0 Å². The SMILES string of the molecule is CN(C)c1ccc(-c2cn(-c3ccc4c(c3)C(=O)N(C3CCC(=O)NC3=O)C4)nn2)cc1. The summed E-state index contributed by atoms with van der Waals surface area (Å²) < 4.78 is 1.64. The normalized spacial score (nSPS) is 18.0. The second-order valence-electron chi connectivity index (χ2n) is 8.23.